The average molecular weight is 288 g/mol. The van der Waals surface area contributed by atoms with Crippen LogP contribution in [0, 0.1) is 11.8 Å². The maximum absolute atomic E-state index is 11.6. The molecule has 4 nitrogen and oxygen atoms in total. The van der Waals surface area contributed by atoms with Crippen LogP contribution >= 0.6 is 0 Å². The van der Waals surface area contributed by atoms with Crippen LogP contribution in [0.3, 0.4) is 0 Å². The number of nitrogens with zero attached hydrogens (tertiary/aromatic N) is 1. The molecule has 3 rings (SSSR count). The molecule has 1 saturated heterocycles. The summed E-state index contributed by atoms with van der Waals surface area (Å²) >= 11 is 0. The minimum atomic E-state index is -0.736. The normalized spacial score (nSPS) is 30.8. The standard InChI is InChI=1S/C17H24N2O2/c18-16-8-4-7-13-9-19(10-14(13)16)11-15(17(20)21)12-5-2-1-3-6-12/h1-3,5-6,13-16H,4,7-11,18H2,(H,20,21). The van der Waals surface area contributed by atoms with E-state index in [2.05, 4.69) is 4.90 Å². The Labute approximate surface area is 125 Å². The summed E-state index contributed by atoms with van der Waals surface area (Å²) in [5.74, 6) is 0.0471. The molecule has 0 aromatic heterocycles. The molecule has 0 bridgehead atoms. The zero-order chi connectivity index (χ0) is 14.8. The fraction of sp³-hybridized carbons (Fsp3) is 0.588. The Morgan fingerprint density at radius 3 is 2.71 bits per heavy atom. The van der Waals surface area contributed by atoms with Crippen LogP contribution < -0.4 is 5.73 Å². The van der Waals surface area contributed by atoms with E-state index in [-0.39, 0.29) is 0 Å². The molecule has 1 aromatic rings. The van der Waals surface area contributed by atoms with Crippen LogP contribution in [0.25, 0.3) is 0 Å². The third kappa shape index (κ3) is 3.11. The van der Waals surface area contributed by atoms with Gasteiger partial charge in [-0.15, -0.1) is 0 Å². The van der Waals surface area contributed by atoms with Gasteiger partial charge in [-0.25, -0.2) is 0 Å². The van der Waals surface area contributed by atoms with Gasteiger partial charge in [-0.1, -0.05) is 36.8 Å². The molecule has 0 radical (unpaired) electrons. The number of carbonyl (C=O) groups is 1. The molecule has 4 heteroatoms. The largest absolute Gasteiger partial charge is 0.481 e. The molecule has 4 unspecified atom stereocenters. The number of likely N-dealkylation sites (tertiary alicyclic amines) is 1. The molecule has 1 aliphatic heterocycles. The lowest BCUT2D eigenvalue weighted by molar-refractivity contribution is -0.139. The Kier molecular flexibility index (Phi) is 4.27. The fourth-order valence-electron chi connectivity index (χ4n) is 4.03. The first-order chi connectivity index (χ1) is 10.1. The van der Waals surface area contributed by atoms with Crippen molar-refractivity contribution in [2.45, 2.75) is 31.2 Å². The second kappa shape index (κ2) is 6.16. The van der Waals surface area contributed by atoms with Gasteiger partial charge in [-0.05, 0) is 30.2 Å². The molecule has 0 amide bonds. The Morgan fingerprint density at radius 2 is 2.05 bits per heavy atom. The SMILES string of the molecule is NC1CCCC2CN(CC(C(=O)O)c3ccccc3)CC12. The Balaban J connectivity index is 1.69. The summed E-state index contributed by atoms with van der Waals surface area (Å²) in [7, 11) is 0. The van der Waals surface area contributed by atoms with Gasteiger partial charge in [0, 0.05) is 25.7 Å². The predicted octanol–water partition coefficient (Wildman–Crippen LogP) is 1.91. The molecule has 1 heterocycles. The molecule has 1 saturated carbocycles. The first-order valence-electron chi connectivity index (χ1n) is 7.91. The van der Waals surface area contributed by atoms with Gasteiger partial charge in [0.15, 0.2) is 0 Å². The molecule has 3 N–H and O–H groups in total. The van der Waals surface area contributed by atoms with Gasteiger partial charge in [0.05, 0.1) is 5.92 Å². The number of hydrogen-bond acceptors (Lipinski definition) is 3. The van der Waals surface area contributed by atoms with E-state index in [0.29, 0.717) is 24.4 Å². The molecule has 2 fully saturated rings. The van der Waals surface area contributed by atoms with E-state index in [1.54, 1.807) is 0 Å². The highest BCUT2D eigenvalue weighted by Gasteiger charge is 2.39. The minimum Gasteiger partial charge on any atom is -0.481 e. The highest BCUT2D eigenvalue weighted by atomic mass is 16.4. The number of rotatable bonds is 4. The zero-order valence-corrected chi connectivity index (χ0v) is 12.3. The van der Waals surface area contributed by atoms with Crippen LogP contribution in [-0.2, 0) is 4.79 Å². The van der Waals surface area contributed by atoms with Crippen LogP contribution in [0.1, 0.15) is 30.7 Å². The summed E-state index contributed by atoms with van der Waals surface area (Å²) in [5.41, 5.74) is 7.13. The molecular formula is C17H24N2O2. The van der Waals surface area contributed by atoms with Crippen molar-refractivity contribution < 1.29 is 9.90 Å². The fourth-order valence-corrected chi connectivity index (χ4v) is 4.03. The van der Waals surface area contributed by atoms with E-state index in [0.717, 1.165) is 25.1 Å². The third-order valence-corrected chi connectivity index (χ3v) is 5.17. The Morgan fingerprint density at radius 1 is 1.29 bits per heavy atom. The quantitative estimate of drug-likeness (QED) is 0.888. The van der Waals surface area contributed by atoms with Crippen molar-refractivity contribution >= 4 is 5.97 Å². The van der Waals surface area contributed by atoms with Crippen molar-refractivity contribution in [2.24, 2.45) is 17.6 Å². The van der Waals surface area contributed by atoms with Crippen LogP contribution in [-0.4, -0.2) is 41.7 Å². The van der Waals surface area contributed by atoms with Crippen LogP contribution in [0.2, 0.25) is 0 Å². The minimum absolute atomic E-state index is 0.300. The third-order valence-electron chi connectivity index (χ3n) is 5.17. The van der Waals surface area contributed by atoms with Crippen LogP contribution in [0.5, 0.6) is 0 Å². The van der Waals surface area contributed by atoms with Crippen LogP contribution in [0.4, 0.5) is 0 Å². The number of fused-ring (bicyclic) bond motifs is 1. The first kappa shape index (κ1) is 14.5. The van der Waals surface area contributed by atoms with Gasteiger partial charge < -0.3 is 15.7 Å². The summed E-state index contributed by atoms with van der Waals surface area (Å²) in [6.45, 7) is 2.57. The van der Waals surface area contributed by atoms with Crippen molar-refractivity contribution in [3.8, 4) is 0 Å². The molecule has 2 aliphatic rings. The molecule has 21 heavy (non-hydrogen) atoms. The van der Waals surface area contributed by atoms with Gasteiger partial charge >= 0.3 is 5.97 Å². The van der Waals surface area contributed by atoms with Crippen LogP contribution in [0.15, 0.2) is 30.3 Å². The average Bonchev–Trinajstić information content (AvgIpc) is 2.90. The van der Waals surface area contributed by atoms with E-state index in [9.17, 15) is 9.90 Å². The molecule has 0 spiro atoms. The number of aliphatic carboxylic acids is 1. The molecule has 1 aromatic carbocycles. The molecular weight excluding hydrogens is 264 g/mol. The van der Waals surface area contributed by atoms with Gasteiger partial charge in [0.2, 0.25) is 0 Å². The summed E-state index contributed by atoms with van der Waals surface area (Å²) in [6.07, 6.45) is 3.59. The monoisotopic (exact) mass is 288 g/mol. The van der Waals surface area contributed by atoms with Crippen molar-refractivity contribution in [1.82, 2.24) is 4.90 Å². The highest BCUT2D eigenvalue weighted by molar-refractivity contribution is 5.76. The number of carboxylic acids is 1. The zero-order valence-electron chi connectivity index (χ0n) is 12.3. The van der Waals surface area contributed by atoms with E-state index in [4.69, 9.17) is 5.73 Å². The van der Waals surface area contributed by atoms with E-state index < -0.39 is 11.9 Å². The maximum Gasteiger partial charge on any atom is 0.312 e. The van der Waals surface area contributed by atoms with Crippen molar-refractivity contribution in [3.05, 3.63) is 35.9 Å². The van der Waals surface area contributed by atoms with Gasteiger partial charge in [0.25, 0.3) is 0 Å². The van der Waals surface area contributed by atoms with E-state index in [1.807, 2.05) is 30.3 Å². The molecule has 4 atom stereocenters. The van der Waals surface area contributed by atoms with Gasteiger partial charge in [-0.2, -0.15) is 0 Å². The van der Waals surface area contributed by atoms with E-state index >= 15 is 0 Å². The van der Waals surface area contributed by atoms with Crippen molar-refractivity contribution in [3.63, 3.8) is 0 Å². The number of carboxylic acid groups (broad SMARTS) is 1. The molecule has 1 aliphatic carbocycles. The smallest absolute Gasteiger partial charge is 0.312 e. The lowest BCUT2D eigenvalue weighted by Gasteiger charge is -2.30. The number of nitrogens with two attached hydrogens (primary N) is 1. The summed E-state index contributed by atoms with van der Waals surface area (Å²) < 4.78 is 0. The highest BCUT2D eigenvalue weighted by Crippen LogP contribution is 2.36. The Hall–Kier alpha value is -1.39. The second-order valence-electron chi connectivity index (χ2n) is 6.54. The topological polar surface area (TPSA) is 66.6 Å². The van der Waals surface area contributed by atoms with Crippen molar-refractivity contribution in [2.75, 3.05) is 19.6 Å². The predicted molar refractivity (Wildman–Crippen MR) is 82.1 cm³/mol. The lowest BCUT2D eigenvalue weighted by atomic mass is 9.78. The van der Waals surface area contributed by atoms with E-state index in [1.165, 1.54) is 12.8 Å². The summed E-state index contributed by atoms with van der Waals surface area (Å²) in [5, 5.41) is 9.55. The maximum atomic E-state index is 11.6. The van der Waals surface area contributed by atoms with Gasteiger partial charge in [0.1, 0.15) is 0 Å². The second-order valence-corrected chi connectivity index (χ2v) is 6.54. The Bertz CT molecular complexity index is 491. The van der Waals surface area contributed by atoms with Gasteiger partial charge in [-0.3, -0.25) is 4.79 Å². The molecule has 114 valence electrons. The number of hydrogen-bond donors (Lipinski definition) is 2. The van der Waals surface area contributed by atoms with Crippen molar-refractivity contribution in [1.29, 1.82) is 0 Å². The summed E-state index contributed by atoms with van der Waals surface area (Å²) in [6, 6.07) is 9.86. The number of benzene rings is 1. The first-order valence-corrected chi connectivity index (χ1v) is 7.91. The summed E-state index contributed by atoms with van der Waals surface area (Å²) in [4.78, 5) is 13.9. The lowest BCUT2D eigenvalue weighted by Crippen LogP contribution is -2.38.